The summed E-state index contributed by atoms with van der Waals surface area (Å²) in [5.41, 5.74) is 0.668. The number of hydrogen-bond donors (Lipinski definition) is 1. The minimum atomic E-state index is 0.668. The summed E-state index contributed by atoms with van der Waals surface area (Å²) < 4.78 is 0. The molecular weight excluding hydrogens is 218 g/mol. The van der Waals surface area contributed by atoms with Crippen molar-refractivity contribution in [2.45, 2.75) is 85.0 Å². The Bertz CT molecular complexity index is 192. The van der Waals surface area contributed by atoms with Gasteiger partial charge in [-0.15, -0.1) is 0 Å². The van der Waals surface area contributed by atoms with Crippen LogP contribution < -0.4 is 5.32 Å². The Morgan fingerprint density at radius 2 is 1.67 bits per heavy atom. The van der Waals surface area contributed by atoms with Gasteiger partial charge in [-0.25, -0.2) is 0 Å². The van der Waals surface area contributed by atoms with E-state index in [0.29, 0.717) is 5.41 Å². The average Bonchev–Trinajstić information content (AvgIpc) is 2.77. The summed E-state index contributed by atoms with van der Waals surface area (Å²) in [4.78, 5) is 0. The highest BCUT2D eigenvalue weighted by molar-refractivity contribution is 4.86. The molecule has 0 aromatic carbocycles. The lowest BCUT2D eigenvalue weighted by Gasteiger charge is -2.30. The van der Waals surface area contributed by atoms with Gasteiger partial charge < -0.3 is 5.32 Å². The van der Waals surface area contributed by atoms with Crippen molar-refractivity contribution in [2.24, 2.45) is 11.3 Å². The molecule has 108 valence electrons. The Balaban J connectivity index is 2.20. The zero-order chi connectivity index (χ0) is 13.3. The smallest absolute Gasteiger partial charge is 0.000792 e. The number of unbranched alkanes of at least 4 members (excludes halogenated alkanes) is 4. The average molecular weight is 253 g/mol. The van der Waals surface area contributed by atoms with Crippen molar-refractivity contribution in [1.29, 1.82) is 0 Å². The Morgan fingerprint density at radius 3 is 2.28 bits per heavy atom. The molecule has 0 aromatic heterocycles. The van der Waals surface area contributed by atoms with Crippen LogP contribution in [0.4, 0.5) is 0 Å². The molecule has 1 aliphatic rings. The summed E-state index contributed by atoms with van der Waals surface area (Å²) in [5, 5.41) is 3.72. The van der Waals surface area contributed by atoms with E-state index in [9.17, 15) is 0 Å². The molecule has 1 heteroatoms. The molecule has 0 aliphatic heterocycles. The van der Waals surface area contributed by atoms with Crippen LogP contribution in [0.15, 0.2) is 0 Å². The highest BCUT2D eigenvalue weighted by Crippen LogP contribution is 2.41. The molecule has 0 atom stereocenters. The Morgan fingerprint density at radius 1 is 1.00 bits per heavy atom. The summed E-state index contributed by atoms with van der Waals surface area (Å²) in [7, 11) is 0. The predicted octanol–water partition coefficient (Wildman–Crippen LogP) is 5.15. The molecule has 0 amide bonds. The fourth-order valence-electron chi connectivity index (χ4n) is 3.37. The van der Waals surface area contributed by atoms with E-state index in [0.717, 1.165) is 5.92 Å². The number of hydrogen-bond acceptors (Lipinski definition) is 1. The van der Waals surface area contributed by atoms with E-state index in [1.54, 1.807) is 0 Å². The molecule has 0 aromatic rings. The molecule has 0 unspecified atom stereocenters. The van der Waals surface area contributed by atoms with E-state index < -0.39 is 0 Å². The van der Waals surface area contributed by atoms with Crippen molar-refractivity contribution >= 4 is 0 Å². The van der Waals surface area contributed by atoms with Gasteiger partial charge in [0.25, 0.3) is 0 Å². The molecule has 0 heterocycles. The van der Waals surface area contributed by atoms with E-state index in [1.807, 2.05) is 0 Å². The van der Waals surface area contributed by atoms with E-state index in [4.69, 9.17) is 0 Å². The van der Waals surface area contributed by atoms with Gasteiger partial charge in [0, 0.05) is 6.54 Å². The first kappa shape index (κ1) is 16.0. The van der Waals surface area contributed by atoms with Crippen molar-refractivity contribution in [3.05, 3.63) is 0 Å². The Kier molecular flexibility index (Phi) is 7.97. The minimum absolute atomic E-state index is 0.668. The maximum absolute atomic E-state index is 3.72. The van der Waals surface area contributed by atoms with Crippen LogP contribution in [0.2, 0.25) is 0 Å². The van der Waals surface area contributed by atoms with E-state index in [1.165, 1.54) is 77.3 Å². The van der Waals surface area contributed by atoms with Crippen LogP contribution in [-0.4, -0.2) is 13.1 Å². The largest absolute Gasteiger partial charge is 0.316 e. The summed E-state index contributed by atoms with van der Waals surface area (Å²) in [6.07, 6.45) is 14.5. The highest BCUT2D eigenvalue weighted by Gasteiger charge is 2.32. The van der Waals surface area contributed by atoms with Crippen molar-refractivity contribution in [1.82, 2.24) is 5.32 Å². The molecule has 0 bridgehead atoms. The molecule has 1 saturated carbocycles. The molecule has 1 rings (SSSR count). The SMILES string of the molecule is CCCCCCCC1(CNCC(C)C)CCCC1. The lowest BCUT2D eigenvalue weighted by atomic mass is 9.80. The van der Waals surface area contributed by atoms with Crippen molar-refractivity contribution in [3.63, 3.8) is 0 Å². The third kappa shape index (κ3) is 6.22. The standard InChI is InChI=1S/C17H35N/c1-4-5-6-7-8-11-17(12-9-10-13-17)15-18-14-16(2)3/h16,18H,4-15H2,1-3H3. The van der Waals surface area contributed by atoms with Gasteiger partial charge in [-0.05, 0) is 37.1 Å². The van der Waals surface area contributed by atoms with Crippen LogP contribution in [0.25, 0.3) is 0 Å². The van der Waals surface area contributed by atoms with Gasteiger partial charge in [0.05, 0.1) is 0 Å². The molecule has 0 radical (unpaired) electrons. The zero-order valence-electron chi connectivity index (χ0n) is 13.1. The van der Waals surface area contributed by atoms with Crippen LogP contribution in [0.3, 0.4) is 0 Å². The van der Waals surface area contributed by atoms with Crippen molar-refractivity contribution in [2.75, 3.05) is 13.1 Å². The molecule has 1 N–H and O–H groups in total. The molecular formula is C17H35N. The van der Waals surface area contributed by atoms with Gasteiger partial charge >= 0.3 is 0 Å². The summed E-state index contributed by atoms with van der Waals surface area (Å²) in [6.45, 7) is 9.38. The zero-order valence-corrected chi connectivity index (χ0v) is 13.1. The quantitative estimate of drug-likeness (QED) is 0.531. The fourth-order valence-corrected chi connectivity index (χ4v) is 3.37. The van der Waals surface area contributed by atoms with Crippen LogP contribution in [0.5, 0.6) is 0 Å². The first-order valence-corrected chi connectivity index (χ1v) is 8.39. The first-order valence-electron chi connectivity index (χ1n) is 8.39. The lowest BCUT2D eigenvalue weighted by molar-refractivity contribution is 0.244. The predicted molar refractivity (Wildman–Crippen MR) is 82.0 cm³/mol. The topological polar surface area (TPSA) is 12.0 Å². The molecule has 1 aliphatic carbocycles. The third-order valence-electron chi connectivity index (χ3n) is 4.53. The molecule has 18 heavy (non-hydrogen) atoms. The Labute approximate surface area is 115 Å². The van der Waals surface area contributed by atoms with Gasteiger partial charge in [0.15, 0.2) is 0 Å². The van der Waals surface area contributed by atoms with Gasteiger partial charge in [0.1, 0.15) is 0 Å². The van der Waals surface area contributed by atoms with Crippen LogP contribution >= 0.6 is 0 Å². The Hall–Kier alpha value is -0.0400. The molecule has 1 nitrogen and oxygen atoms in total. The van der Waals surface area contributed by atoms with Gasteiger partial charge in [0.2, 0.25) is 0 Å². The molecule has 0 spiro atoms. The van der Waals surface area contributed by atoms with Crippen LogP contribution in [0.1, 0.15) is 85.0 Å². The van der Waals surface area contributed by atoms with Gasteiger partial charge in [-0.1, -0.05) is 65.7 Å². The van der Waals surface area contributed by atoms with Gasteiger partial charge in [-0.3, -0.25) is 0 Å². The van der Waals surface area contributed by atoms with Crippen molar-refractivity contribution < 1.29 is 0 Å². The summed E-state index contributed by atoms with van der Waals surface area (Å²) >= 11 is 0. The summed E-state index contributed by atoms with van der Waals surface area (Å²) in [6, 6.07) is 0. The van der Waals surface area contributed by atoms with Gasteiger partial charge in [-0.2, -0.15) is 0 Å². The normalized spacial score (nSPS) is 18.7. The fraction of sp³-hybridized carbons (Fsp3) is 1.00. The van der Waals surface area contributed by atoms with E-state index in [2.05, 4.69) is 26.1 Å². The second-order valence-electron chi connectivity index (χ2n) is 6.90. The second-order valence-corrected chi connectivity index (χ2v) is 6.90. The summed E-state index contributed by atoms with van der Waals surface area (Å²) in [5.74, 6) is 0.785. The number of nitrogens with one attached hydrogen (secondary N) is 1. The van der Waals surface area contributed by atoms with E-state index >= 15 is 0 Å². The van der Waals surface area contributed by atoms with Crippen molar-refractivity contribution in [3.8, 4) is 0 Å². The monoisotopic (exact) mass is 253 g/mol. The lowest BCUT2D eigenvalue weighted by Crippen LogP contribution is -2.34. The number of rotatable bonds is 10. The third-order valence-corrected chi connectivity index (χ3v) is 4.53. The van der Waals surface area contributed by atoms with E-state index in [-0.39, 0.29) is 0 Å². The minimum Gasteiger partial charge on any atom is -0.316 e. The van der Waals surface area contributed by atoms with Crippen LogP contribution in [-0.2, 0) is 0 Å². The van der Waals surface area contributed by atoms with Crippen LogP contribution in [0, 0.1) is 11.3 Å². The highest BCUT2D eigenvalue weighted by atomic mass is 14.9. The maximum Gasteiger partial charge on any atom is 0.000792 e. The molecule has 1 fully saturated rings. The maximum atomic E-state index is 3.72. The second kappa shape index (κ2) is 8.96. The first-order chi connectivity index (χ1) is 8.68. The molecule has 0 saturated heterocycles.